The fourth-order valence-corrected chi connectivity index (χ4v) is 3.00. The Morgan fingerprint density at radius 2 is 2.35 bits per heavy atom. The summed E-state index contributed by atoms with van der Waals surface area (Å²) in [4.78, 5) is 4.53. The van der Waals surface area contributed by atoms with E-state index in [1.165, 1.54) is 4.70 Å². The van der Waals surface area contributed by atoms with Crippen LogP contribution in [0, 0.1) is 5.92 Å². The van der Waals surface area contributed by atoms with Crippen LogP contribution >= 0.6 is 27.3 Å². The molecule has 1 heterocycles. The molecule has 1 atom stereocenters. The fourth-order valence-electron chi connectivity index (χ4n) is 1.58. The quantitative estimate of drug-likeness (QED) is 0.912. The van der Waals surface area contributed by atoms with E-state index in [0.29, 0.717) is 5.92 Å². The predicted molar refractivity (Wildman–Crippen MR) is 76.8 cm³/mol. The van der Waals surface area contributed by atoms with Crippen molar-refractivity contribution in [3.63, 3.8) is 0 Å². The summed E-state index contributed by atoms with van der Waals surface area (Å²) in [5, 5.41) is 4.32. The lowest BCUT2D eigenvalue weighted by Gasteiger charge is -2.09. The van der Waals surface area contributed by atoms with Gasteiger partial charge in [-0.05, 0) is 24.1 Å². The summed E-state index contributed by atoms with van der Waals surface area (Å²) in [5.41, 5.74) is 1.04. The molecule has 2 aromatic rings. The molecule has 0 aliphatic heterocycles. The monoisotopic (exact) mass is 314 g/mol. The second kappa shape index (κ2) is 5.80. The van der Waals surface area contributed by atoms with Gasteiger partial charge in [-0.1, -0.05) is 34.2 Å². The van der Waals surface area contributed by atoms with E-state index in [1.807, 2.05) is 12.1 Å². The maximum absolute atomic E-state index is 5.10. The average Bonchev–Trinajstić information content (AvgIpc) is 2.68. The van der Waals surface area contributed by atoms with Crippen molar-refractivity contribution in [3.8, 4) is 0 Å². The molecule has 1 N–H and O–H groups in total. The van der Waals surface area contributed by atoms with E-state index in [2.05, 4.69) is 39.2 Å². The summed E-state index contributed by atoms with van der Waals surface area (Å²) in [5.74, 6) is 0.485. The molecule has 0 aliphatic rings. The predicted octanol–water partition coefficient (Wildman–Crippen LogP) is 3.75. The first kappa shape index (κ1) is 12.8. The molecule has 0 spiro atoms. The summed E-state index contributed by atoms with van der Waals surface area (Å²) in [6, 6.07) is 6.13. The number of hydrogen-bond donors (Lipinski definition) is 1. The third-order valence-electron chi connectivity index (χ3n) is 2.40. The van der Waals surface area contributed by atoms with Gasteiger partial charge in [-0.25, -0.2) is 4.98 Å². The van der Waals surface area contributed by atoms with Crippen LogP contribution in [0.4, 0.5) is 5.13 Å². The minimum atomic E-state index is 0.485. The van der Waals surface area contributed by atoms with E-state index in [0.717, 1.165) is 28.3 Å². The van der Waals surface area contributed by atoms with Crippen LogP contribution in [-0.2, 0) is 4.74 Å². The van der Waals surface area contributed by atoms with Crippen LogP contribution in [0.1, 0.15) is 6.92 Å². The number of rotatable bonds is 5. The van der Waals surface area contributed by atoms with Crippen molar-refractivity contribution in [1.29, 1.82) is 0 Å². The molecule has 0 saturated heterocycles. The van der Waals surface area contributed by atoms with E-state index >= 15 is 0 Å². The number of methoxy groups -OCH3 is 1. The van der Waals surface area contributed by atoms with Gasteiger partial charge in [0.05, 0.1) is 16.8 Å². The highest BCUT2D eigenvalue weighted by Gasteiger charge is 2.06. The number of thiazole rings is 1. The summed E-state index contributed by atoms with van der Waals surface area (Å²) in [7, 11) is 1.73. The van der Waals surface area contributed by atoms with Crippen molar-refractivity contribution >= 4 is 42.6 Å². The van der Waals surface area contributed by atoms with E-state index in [4.69, 9.17) is 4.74 Å². The molecular formula is C12H15BrN2OS. The molecule has 0 fully saturated rings. The normalized spacial score (nSPS) is 12.9. The Labute approximate surface area is 113 Å². The van der Waals surface area contributed by atoms with Crippen LogP contribution in [0.2, 0.25) is 0 Å². The zero-order valence-corrected chi connectivity index (χ0v) is 12.3. The van der Waals surface area contributed by atoms with E-state index in [1.54, 1.807) is 18.4 Å². The number of nitrogens with zero attached hydrogens (tertiary/aromatic N) is 1. The maximum atomic E-state index is 5.10. The SMILES string of the molecule is COCC(C)CNc1nc2ccc(Br)cc2s1. The summed E-state index contributed by atoms with van der Waals surface area (Å²) >= 11 is 5.14. The van der Waals surface area contributed by atoms with Gasteiger partial charge in [-0.15, -0.1) is 0 Å². The Morgan fingerprint density at radius 1 is 1.53 bits per heavy atom. The Kier molecular flexibility index (Phi) is 4.36. The molecule has 1 aromatic carbocycles. The smallest absolute Gasteiger partial charge is 0.183 e. The van der Waals surface area contributed by atoms with Crippen LogP contribution in [0.3, 0.4) is 0 Å². The zero-order chi connectivity index (χ0) is 12.3. The molecule has 17 heavy (non-hydrogen) atoms. The highest BCUT2D eigenvalue weighted by Crippen LogP contribution is 2.28. The first-order valence-electron chi connectivity index (χ1n) is 5.48. The minimum absolute atomic E-state index is 0.485. The van der Waals surface area contributed by atoms with Crippen molar-refractivity contribution in [2.45, 2.75) is 6.92 Å². The fraction of sp³-hybridized carbons (Fsp3) is 0.417. The van der Waals surface area contributed by atoms with Crippen molar-refractivity contribution in [1.82, 2.24) is 4.98 Å². The number of ether oxygens (including phenoxy) is 1. The molecule has 0 saturated carbocycles. The van der Waals surface area contributed by atoms with Crippen molar-refractivity contribution in [3.05, 3.63) is 22.7 Å². The lowest BCUT2D eigenvalue weighted by Crippen LogP contribution is -2.15. The minimum Gasteiger partial charge on any atom is -0.384 e. The largest absolute Gasteiger partial charge is 0.384 e. The molecule has 0 amide bonds. The average molecular weight is 315 g/mol. The third kappa shape index (κ3) is 3.40. The lowest BCUT2D eigenvalue weighted by molar-refractivity contribution is 0.164. The van der Waals surface area contributed by atoms with Crippen LogP contribution in [0.15, 0.2) is 22.7 Å². The molecule has 1 aromatic heterocycles. The van der Waals surface area contributed by atoms with Gasteiger partial charge < -0.3 is 10.1 Å². The number of benzene rings is 1. The van der Waals surface area contributed by atoms with Crippen LogP contribution in [0.25, 0.3) is 10.2 Å². The number of hydrogen-bond acceptors (Lipinski definition) is 4. The van der Waals surface area contributed by atoms with Crippen molar-refractivity contribution in [2.75, 3.05) is 25.6 Å². The third-order valence-corrected chi connectivity index (χ3v) is 3.87. The molecule has 92 valence electrons. The van der Waals surface area contributed by atoms with E-state index in [9.17, 15) is 0 Å². The van der Waals surface area contributed by atoms with E-state index < -0.39 is 0 Å². The van der Waals surface area contributed by atoms with Gasteiger partial charge >= 0.3 is 0 Å². The Balaban J connectivity index is 2.04. The number of fused-ring (bicyclic) bond motifs is 1. The summed E-state index contributed by atoms with van der Waals surface area (Å²) < 4.78 is 7.39. The van der Waals surface area contributed by atoms with Gasteiger partial charge in [0.15, 0.2) is 5.13 Å². The second-order valence-corrected chi connectivity index (χ2v) is 6.02. The molecule has 0 radical (unpaired) electrons. The molecule has 1 unspecified atom stereocenters. The topological polar surface area (TPSA) is 34.1 Å². The Hall–Kier alpha value is -0.650. The second-order valence-electron chi connectivity index (χ2n) is 4.07. The van der Waals surface area contributed by atoms with Gasteiger partial charge in [-0.2, -0.15) is 0 Å². The van der Waals surface area contributed by atoms with Crippen LogP contribution < -0.4 is 5.32 Å². The van der Waals surface area contributed by atoms with Gasteiger partial charge in [0.2, 0.25) is 0 Å². The van der Waals surface area contributed by atoms with Gasteiger partial charge in [0.25, 0.3) is 0 Å². The van der Waals surface area contributed by atoms with Gasteiger partial charge in [0, 0.05) is 18.1 Å². The van der Waals surface area contributed by atoms with Gasteiger partial charge in [-0.3, -0.25) is 0 Å². The number of nitrogens with one attached hydrogen (secondary N) is 1. The highest BCUT2D eigenvalue weighted by molar-refractivity contribution is 9.10. The molecule has 3 nitrogen and oxygen atoms in total. The van der Waals surface area contributed by atoms with Crippen molar-refractivity contribution in [2.24, 2.45) is 5.92 Å². The standard InChI is InChI=1S/C12H15BrN2OS/c1-8(7-16-2)6-14-12-15-10-4-3-9(13)5-11(10)17-12/h3-5,8H,6-7H2,1-2H3,(H,14,15). The first-order valence-corrected chi connectivity index (χ1v) is 7.09. The zero-order valence-electron chi connectivity index (χ0n) is 9.87. The number of anilines is 1. The number of halogens is 1. The van der Waals surface area contributed by atoms with Crippen LogP contribution in [-0.4, -0.2) is 25.2 Å². The van der Waals surface area contributed by atoms with Gasteiger partial charge in [0.1, 0.15) is 0 Å². The molecule has 2 rings (SSSR count). The summed E-state index contributed by atoms with van der Waals surface area (Å²) in [6.45, 7) is 3.80. The van der Waals surface area contributed by atoms with Crippen LogP contribution in [0.5, 0.6) is 0 Å². The summed E-state index contributed by atoms with van der Waals surface area (Å²) in [6.07, 6.45) is 0. The Bertz CT molecular complexity index is 500. The first-order chi connectivity index (χ1) is 8.19. The lowest BCUT2D eigenvalue weighted by atomic mass is 10.2. The van der Waals surface area contributed by atoms with Crippen molar-refractivity contribution < 1.29 is 4.74 Å². The Morgan fingerprint density at radius 3 is 3.12 bits per heavy atom. The molecule has 0 bridgehead atoms. The maximum Gasteiger partial charge on any atom is 0.183 e. The molecular weight excluding hydrogens is 300 g/mol. The van der Waals surface area contributed by atoms with E-state index in [-0.39, 0.29) is 0 Å². The number of aromatic nitrogens is 1. The molecule has 0 aliphatic carbocycles. The molecule has 5 heteroatoms. The highest BCUT2D eigenvalue weighted by atomic mass is 79.9.